The van der Waals surface area contributed by atoms with E-state index < -0.39 is 32.3 Å². The van der Waals surface area contributed by atoms with Crippen LogP contribution in [0.25, 0.3) is 11.1 Å². The second-order valence-electron chi connectivity index (χ2n) is 5.62. The molecule has 0 radical (unpaired) electrons. The summed E-state index contributed by atoms with van der Waals surface area (Å²) in [5.41, 5.74) is 1.59. The predicted octanol–water partition coefficient (Wildman–Crippen LogP) is 4.15. The van der Waals surface area contributed by atoms with Gasteiger partial charge in [0, 0.05) is 6.07 Å². The van der Waals surface area contributed by atoms with Crippen LogP contribution >= 0.6 is 0 Å². The van der Waals surface area contributed by atoms with Crippen molar-refractivity contribution in [1.29, 1.82) is 0 Å². The van der Waals surface area contributed by atoms with Gasteiger partial charge in [-0.25, -0.2) is 17.2 Å². The Labute approximate surface area is 154 Å². The van der Waals surface area contributed by atoms with Gasteiger partial charge in [0.1, 0.15) is 16.5 Å². The Morgan fingerprint density at radius 1 is 0.963 bits per heavy atom. The standard InChI is InChI=1S/C19H15F2NO4S/c1-26-17-8-7-13(12-5-3-2-4-6-12)9-16(17)22-27(24,25)18-11-14(20)10-15(21)19(18)23/h2-11,22-23H,1H3. The zero-order valence-electron chi connectivity index (χ0n) is 14.1. The molecule has 5 nitrogen and oxygen atoms in total. The van der Waals surface area contributed by atoms with Crippen LogP contribution < -0.4 is 9.46 Å². The van der Waals surface area contributed by atoms with Gasteiger partial charge in [-0.15, -0.1) is 0 Å². The molecule has 27 heavy (non-hydrogen) atoms. The van der Waals surface area contributed by atoms with Crippen LogP contribution in [0.15, 0.2) is 65.6 Å². The fourth-order valence-electron chi connectivity index (χ4n) is 2.54. The van der Waals surface area contributed by atoms with Crippen molar-refractivity contribution in [3.63, 3.8) is 0 Å². The van der Waals surface area contributed by atoms with Gasteiger partial charge < -0.3 is 9.84 Å². The van der Waals surface area contributed by atoms with Crippen LogP contribution in [0, 0.1) is 11.6 Å². The average Bonchev–Trinajstić information content (AvgIpc) is 2.65. The first-order valence-corrected chi connectivity index (χ1v) is 9.24. The third kappa shape index (κ3) is 3.85. The van der Waals surface area contributed by atoms with E-state index in [1.165, 1.54) is 13.2 Å². The molecule has 3 rings (SSSR count). The van der Waals surface area contributed by atoms with Gasteiger partial charge in [-0.05, 0) is 29.3 Å². The minimum atomic E-state index is -4.48. The molecule has 8 heteroatoms. The summed E-state index contributed by atoms with van der Waals surface area (Å²) in [6.07, 6.45) is 0. The van der Waals surface area contributed by atoms with Crippen LogP contribution in [0.1, 0.15) is 0 Å². The van der Waals surface area contributed by atoms with E-state index in [1.54, 1.807) is 12.1 Å². The van der Waals surface area contributed by atoms with E-state index >= 15 is 0 Å². The highest BCUT2D eigenvalue weighted by molar-refractivity contribution is 7.92. The van der Waals surface area contributed by atoms with Crippen molar-refractivity contribution in [3.05, 3.63) is 72.3 Å². The lowest BCUT2D eigenvalue weighted by atomic mass is 10.1. The Morgan fingerprint density at radius 2 is 1.67 bits per heavy atom. The van der Waals surface area contributed by atoms with Crippen LogP contribution in [-0.2, 0) is 10.0 Å². The Balaban J connectivity index is 2.06. The Kier molecular flexibility index (Phi) is 5.00. The second kappa shape index (κ2) is 7.24. The maximum Gasteiger partial charge on any atom is 0.265 e. The number of ether oxygens (including phenoxy) is 1. The summed E-state index contributed by atoms with van der Waals surface area (Å²) in [6.45, 7) is 0. The number of halogens is 2. The molecule has 0 aromatic heterocycles. The molecule has 0 bridgehead atoms. The molecule has 0 unspecified atom stereocenters. The van der Waals surface area contributed by atoms with Crippen molar-refractivity contribution in [1.82, 2.24) is 0 Å². The monoisotopic (exact) mass is 391 g/mol. The van der Waals surface area contributed by atoms with Gasteiger partial charge >= 0.3 is 0 Å². The molecule has 3 aromatic rings. The van der Waals surface area contributed by atoms with Gasteiger partial charge in [0.25, 0.3) is 10.0 Å². The quantitative estimate of drug-likeness (QED) is 0.685. The first-order valence-electron chi connectivity index (χ1n) is 7.76. The van der Waals surface area contributed by atoms with Crippen molar-refractivity contribution in [2.45, 2.75) is 4.90 Å². The number of rotatable bonds is 5. The fraction of sp³-hybridized carbons (Fsp3) is 0.0526. The Hall–Kier alpha value is -3.13. The Bertz CT molecular complexity index is 1090. The molecular formula is C19H15F2NO4S. The lowest BCUT2D eigenvalue weighted by Crippen LogP contribution is -2.14. The van der Waals surface area contributed by atoms with Gasteiger partial charge in [-0.2, -0.15) is 0 Å². The van der Waals surface area contributed by atoms with E-state index in [1.807, 2.05) is 30.3 Å². The molecule has 140 valence electrons. The number of sulfonamides is 1. The maximum absolute atomic E-state index is 13.5. The van der Waals surface area contributed by atoms with Crippen molar-refractivity contribution in [2.24, 2.45) is 0 Å². The lowest BCUT2D eigenvalue weighted by Gasteiger charge is -2.14. The molecule has 0 aliphatic rings. The molecule has 0 spiro atoms. The average molecular weight is 391 g/mol. The van der Waals surface area contributed by atoms with Gasteiger partial charge in [0.15, 0.2) is 11.6 Å². The number of hydrogen-bond acceptors (Lipinski definition) is 4. The SMILES string of the molecule is COc1ccc(-c2ccccc2)cc1NS(=O)(=O)c1cc(F)cc(F)c1O. The van der Waals surface area contributed by atoms with Gasteiger partial charge in [0.2, 0.25) is 0 Å². The van der Waals surface area contributed by atoms with Crippen molar-refractivity contribution in [3.8, 4) is 22.6 Å². The summed E-state index contributed by atoms with van der Waals surface area (Å²) >= 11 is 0. The number of hydrogen-bond donors (Lipinski definition) is 2. The minimum Gasteiger partial charge on any atom is -0.504 e. The highest BCUT2D eigenvalue weighted by atomic mass is 32.2. The number of anilines is 1. The molecule has 3 aromatic carbocycles. The van der Waals surface area contributed by atoms with E-state index in [-0.39, 0.29) is 11.4 Å². The number of phenols is 1. The van der Waals surface area contributed by atoms with Crippen LogP contribution in [0.5, 0.6) is 11.5 Å². The van der Waals surface area contributed by atoms with Gasteiger partial charge in [0.05, 0.1) is 12.8 Å². The van der Waals surface area contributed by atoms with E-state index in [2.05, 4.69) is 4.72 Å². The molecule has 0 amide bonds. The summed E-state index contributed by atoms with van der Waals surface area (Å²) < 4.78 is 59.5. The summed E-state index contributed by atoms with van der Waals surface area (Å²) in [7, 11) is -3.12. The number of aromatic hydroxyl groups is 1. The zero-order valence-corrected chi connectivity index (χ0v) is 14.9. The molecular weight excluding hydrogens is 376 g/mol. The molecule has 0 saturated heterocycles. The molecule has 2 N–H and O–H groups in total. The van der Waals surface area contributed by atoms with Gasteiger partial charge in [-0.1, -0.05) is 36.4 Å². The summed E-state index contributed by atoms with van der Waals surface area (Å²) in [5, 5.41) is 9.70. The van der Waals surface area contributed by atoms with Crippen LogP contribution in [-0.4, -0.2) is 20.6 Å². The molecule has 0 aliphatic carbocycles. The smallest absolute Gasteiger partial charge is 0.265 e. The first-order chi connectivity index (χ1) is 12.8. The molecule has 0 atom stereocenters. The largest absolute Gasteiger partial charge is 0.504 e. The van der Waals surface area contributed by atoms with Crippen LogP contribution in [0.3, 0.4) is 0 Å². The summed E-state index contributed by atoms with van der Waals surface area (Å²) in [6, 6.07) is 14.9. The highest BCUT2D eigenvalue weighted by Gasteiger charge is 2.24. The normalized spacial score (nSPS) is 11.2. The van der Waals surface area contributed by atoms with Crippen LogP contribution in [0.2, 0.25) is 0 Å². The fourth-order valence-corrected chi connectivity index (χ4v) is 3.72. The summed E-state index contributed by atoms with van der Waals surface area (Å²) in [5.74, 6) is -3.47. The predicted molar refractivity (Wildman–Crippen MR) is 97.3 cm³/mol. The molecule has 0 fully saturated rings. The highest BCUT2D eigenvalue weighted by Crippen LogP contribution is 2.34. The van der Waals surface area contributed by atoms with Gasteiger partial charge in [-0.3, -0.25) is 4.72 Å². The molecule has 0 heterocycles. The lowest BCUT2D eigenvalue weighted by molar-refractivity contribution is 0.411. The first kappa shape index (κ1) is 18.7. The topological polar surface area (TPSA) is 75.6 Å². The number of nitrogens with one attached hydrogen (secondary N) is 1. The number of phenolic OH excluding ortho intramolecular Hbond substituents is 1. The van der Waals surface area contributed by atoms with Crippen molar-refractivity contribution >= 4 is 15.7 Å². The van der Waals surface area contributed by atoms with Crippen molar-refractivity contribution in [2.75, 3.05) is 11.8 Å². The Morgan fingerprint density at radius 3 is 2.33 bits per heavy atom. The third-order valence-electron chi connectivity index (χ3n) is 3.83. The number of benzene rings is 3. The summed E-state index contributed by atoms with van der Waals surface area (Å²) in [4.78, 5) is -0.910. The second-order valence-corrected chi connectivity index (χ2v) is 7.27. The molecule has 0 aliphatic heterocycles. The van der Waals surface area contributed by atoms with E-state index in [9.17, 15) is 22.3 Å². The number of methoxy groups -OCH3 is 1. The van der Waals surface area contributed by atoms with E-state index in [4.69, 9.17) is 4.74 Å². The minimum absolute atomic E-state index is 0.0583. The van der Waals surface area contributed by atoms with Crippen LogP contribution in [0.4, 0.5) is 14.5 Å². The third-order valence-corrected chi connectivity index (χ3v) is 5.21. The van der Waals surface area contributed by atoms with E-state index in [0.717, 1.165) is 5.56 Å². The van der Waals surface area contributed by atoms with Crippen molar-refractivity contribution < 1.29 is 27.0 Å². The molecule has 0 saturated carbocycles. The zero-order chi connectivity index (χ0) is 19.6. The van der Waals surface area contributed by atoms with E-state index in [0.29, 0.717) is 17.7 Å². The maximum atomic E-state index is 13.5.